The van der Waals surface area contributed by atoms with E-state index in [4.69, 9.17) is 20.4 Å². The standard InChI is InChI=1S/C34H43N7O3/c1-18(36-33(43)34(3,4)5)25-11-9-21-13-27(39(31(21)37-25)17-20-7-8-20)30-19(2)40-28(38-30)14-22(15-29(40)44-6)32(42)41-23-10-12-26(41)24(35)16-23/h9,11,13-15,18,20,23-24,26H,7-8,10,12,16-17,35H2,1-6H3,(H,36,43)/t18-,23+,24-,26-/m1/s1. The zero-order valence-electron chi connectivity index (χ0n) is 26.6. The molecule has 4 atom stereocenters. The van der Waals surface area contributed by atoms with Crippen LogP contribution in [0.2, 0.25) is 0 Å². The molecule has 0 aromatic carbocycles. The maximum Gasteiger partial charge on any atom is 0.254 e. The second-order valence-electron chi connectivity index (χ2n) is 14.1. The molecule has 3 aliphatic rings. The van der Waals surface area contributed by atoms with Crippen LogP contribution in [0.4, 0.5) is 0 Å². The Balaban J connectivity index is 1.30. The van der Waals surface area contributed by atoms with E-state index in [9.17, 15) is 9.59 Å². The van der Waals surface area contributed by atoms with Gasteiger partial charge in [0.25, 0.3) is 5.91 Å². The first-order valence-corrected chi connectivity index (χ1v) is 15.9. The van der Waals surface area contributed by atoms with Crippen LogP contribution in [0.5, 0.6) is 5.88 Å². The summed E-state index contributed by atoms with van der Waals surface area (Å²) in [5.41, 5.74) is 11.6. The van der Waals surface area contributed by atoms with Crippen molar-refractivity contribution >= 4 is 28.5 Å². The predicted molar refractivity (Wildman–Crippen MR) is 170 cm³/mol. The molecule has 10 heteroatoms. The van der Waals surface area contributed by atoms with Gasteiger partial charge in [0.2, 0.25) is 5.91 Å². The minimum absolute atomic E-state index is 0.000649. The first-order valence-electron chi connectivity index (χ1n) is 15.9. The molecule has 3 fully saturated rings. The van der Waals surface area contributed by atoms with Crippen LogP contribution in [0.1, 0.15) is 87.6 Å². The molecule has 0 radical (unpaired) electrons. The SMILES string of the molecule is COc1cc(C(=O)N2[C@H]3CC[C@@H]2[C@H](N)C3)cc2nc(-c3cc4ccc([C@@H](C)NC(=O)C(C)(C)C)nc4n3CC3CC3)c(C)n12. The number of hydrogen-bond donors (Lipinski definition) is 2. The number of aromatic nitrogens is 4. The van der Waals surface area contributed by atoms with Crippen molar-refractivity contribution in [1.82, 2.24) is 29.2 Å². The van der Waals surface area contributed by atoms with Crippen molar-refractivity contribution in [1.29, 1.82) is 0 Å². The van der Waals surface area contributed by atoms with E-state index >= 15 is 0 Å². The van der Waals surface area contributed by atoms with Crippen LogP contribution in [0.15, 0.2) is 30.3 Å². The average Bonchev–Trinajstić information content (AvgIpc) is 3.31. The number of methoxy groups -OCH3 is 1. The van der Waals surface area contributed by atoms with Gasteiger partial charge in [-0.25, -0.2) is 9.97 Å². The molecule has 3 N–H and O–H groups in total. The lowest BCUT2D eigenvalue weighted by atomic mass is 9.95. The number of hydrogen-bond acceptors (Lipinski definition) is 6. The van der Waals surface area contributed by atoms with E-state index in [1.165, 1.54) is 12.8 Å². The number of carbonyl (C=O) groups is 2. The van der Waals surface area contributed by atoms with Crippen molar-refractivity contribution in [2.45, 2.75) is 97.4 Å². The van der Waals surface area contributed by atoms with Crippen LogP contribution in [-0.2, 0) is 11.3 Å². The number of ether oxygens (including phenoxy) is 1. The Morgan fingerprint density at radius 2 is 1.89 bits per heavy atom. The third-order valence-corrected chi connectivity index (χ3v) is 9.81. The van der Waals surface area contributed by atoms with Crippen LogP contribution in [0.25, 0.3) is 28.1 Å². The summed E-state index contributed by atoms with van der Waals surface area (Å²) in [5.74, 6) is 1.17. The molecular weight excluding hydrogens is 554 g/mol. The third kappa shape index (κ3) is 4.74. The van der Waals surface area contributed by atoms with Gasteiger partial charge in [-0.3, -0.25) is 14.0 Å². The van der Waals surface area contributed by atoms with Gasteiger partial charge >= 0.3 is 0 Å². The van der Waals surface area contributed by atoms with E-state index in [-0.39, 0.29) is 36.0 Å². The van der Waals surface area contributed by atoms with Gasteiger partial charge in [-0.2, -0.15) is 0 Å². The first-order chi connectivity index (χ1) is 20.9. The molecule has 7 rings (SSSR count). The molecule has 44 heavy (non-hydrogen) atoms. The molecule has 4 aromatic heterocycles. The molecule has 10 nitrogen and oxygen atoms in total. The van der Waals surface area contributed by atoms with E-state index in [0.29, 0.717) is 23.0 Å². The number of fused-ring (bicyclic) bond motifs is 4. The van der Waals surface area contributed by atoms with Gasteiger partial charge in [-0.05, 0) is 76.1 Å². The normalized spacial score (nSPS) is 22.2. The first kappa shape index (κ1) is 28.8. The maximum absolute atomic E-state index is 13.8. The summed E-state index contributed by atoms with van der Waals surface area (Å²) >= 11 is 0. The fraction of sp³-hybridized carbons (Fsp3) is 0.529. The lowest BCUT2D eigenvalue weighted by Crippen LogP contribution is -2.40. The van der Waals surface area contributed by atoms with Crippen molar-refractivity contribution in [3.8, 4) is 17.3 Å². The second kappa shape index (κ2) is 10.3. The molecular formula is C34H43N7O3. The van der Waals surface area contributed by atoms with E-state index in [1.807, 2.05) is 62.1 Å². The average molecular weight is 598 g/mol. The summed E-state index contributed by atoms with van der Waals surface area (Å²) in [6, 6.07) is 10.1. The number of nitrogens with two attached hydrogens (primary N) is 1. The van der Waals surface area contributed by atoms with Gasteiger partial charge in [0.15, 0.2) is 5.88 Å². The summed E-state index contributed by atoms with van der Waals surface area (Å²) in [6.45, 7) is 10.6. The summed E-state index contributed by atoms with van der Waals surface area (Å²) in [6.07, 6.45) is 5.24. The maximum atomic E-state index is 13.8. The number of nitrogens with zero attached hydrogens (tertiary/aromatic N) is 5. The summed E-state index contributed by atoms with van der Waals surface area (Å²) < 4.78 is 10.1. The van der Waals surface area contributed by atoms with Gasteiger partial charge in [-0.15, -0.1) is 0 Å². The summed E-state index contributed by atoms with van der Waals surface area (Å²) in [5, 5.41) is 4.15. The monoisotopic (exact) mass is 597 g/mol. The highest BCUT2D eigenvalue weighted by Crippen LogP contribution is 2.40. The molecule has 4 aromatic rings. The number of amides is 2. The summed E-state index contributed by atoms with van der Waals surface area (Å²) in [4.78, 5) is 38.7. The number of imidazole rings is 1. The van der Waals surface area contributed by atoms with Gasteiger partial charge in [-0.1, -0.05) is 20.8 Å². The lowest BCUT2D eigenvalue weighted by Gasteiger charge is -2.23. The van der Waals surface area contributed by atoms with Crippen LogP contribution >= 0.6 is 0 Å². The molecule has 6 heterocycles. The fourth-order valence-corrected chi connectivity index (χ4v) is 7.10. The van der Waals surface area contributed by atoms with Crippen LogP contribution in [0.3, 0.4) is 0 Å². The Bertz CT molecular complexity index is 1790. The van der Waals surface area contributed by atoms with Crippen molar-refractivity contribution in [3.63, 3.8) is 0 Å². The molecule has 1 saturated carbocycles. The Hall–Kier alpha value is -3.92. The zero-order chi connectivity index (χ0) is 31.1. The van der Waals surface area contributed by atoms with E-state index < -0.39 is 5.41 Å². The topological polar surface area (TPSA) is 120 Å². The van der Waals surface area contributed by atoms with Crippen LogP contribution in [-0.4, -0.2) is 60.9 Å². The molecule has 1 aliphatic carbocycles. The Labute approximate surface area is 258 Å². The van der Waals surface area contributed by atoms with Crippen molar-refractivity contribution < 1.29 is 14.3 Å². The highest BCUT2D eigenvalue weighted by Gasteiger charge is 2.47. The minimum Gasteiger partial charge on any atom is -0.482 e. The van der Waals surface area contributed by atoms with Crippen LogP contribution in [0, 0.1) is 18.3 Å². The molecule has 0 spiro atoms. The third-order valence-electron chi connectivity index (χ3n) is 9.81. The number of rotatable bonds is 7. The van der Waals surface area contributed by atoms with Crippen molar-refractivity contribution in [2.75, 3.05) is 7.11 Å². The molecule has 2 bridgehead atoms. The molecule has 2 saturated heterocycles. The molecule has 2 amide bonds. The molecule has 0 unspecified atom stereocenters. The van der Waals surface area contributed by atoms with Gasteiger partial charge in [0, 0.05) is 47.1 Å². The predicted octanol–water partition coefficient (Wildman–Crippen LogP) is 5.01. The molecule has 232 valence electrons. The fourth-order valence-electron chi connectivity index (χ4n) is 7.10. The van der Waals surface area contributed by atoms with Crippen molar-refractivity contribution in [2.24, 2.45) is 17.1 Å². The number of aryl methyl sites for hydroxylation is 1. The van der Waals surface area contributed by atoms with Gasteiger partial charge < -0.3 is 25.3 Å². The van der Waals surface area contributed by atoms with Crippen molar-refractivity contribution in [3.05, 3.63) is 47.3 Å². The van der Waals surface area contributed by atoms with E-state index in [0.717, 1.165) is 59.6 Å². The zero-order valence-corrected chi connectivity index (χ0v) is 26.6. The quantitative estimate of drug-likeness (QED) is 0.309. The minimum atomic E-state index is -0.481. The number of carbonyl (C=O) groups excluding carboxylic acids is 2. The lowest BCUT2D eigenvalue weighted by molar-refractivity contribution is -0.129. The second-order valence-corrected chi connectivity index (χ2v) is 14.1. The summed E-state index contributed by atoms with van der Waals surface area (Å²) in [7, 11) is 1.63. The largest absolute Gasteiger partial charge is 0.482 e. The Morgan fingerprint density at radius 3 is 2.52 bits per heavy atom. The van der Waals surface area contributed by atoms with Gasteiger partial charge in [0.05, 0.1) is 30.2 Å². The highest BCUT2D eigenvalue weighted by molar-refractivity contribution is 5.97. The van der Waals surface area contributed by atoms with Crippen LogP contribution < -0.4 is 15.8 Å². The van der Waals surface area contributed by atoms with E-state index in [2.05, 4.69) is 22.0 Å². The molecule has 2 aliphatic heterocycles. The van der Waals surface area contributed by atoms with E-state index in [1.54, 1.807) is 7.11 Å². The Morgan fingerprint density at radius 1 is 1.11 bits per heavy atom. The highest BCUT2D eigenvalue weighted by atomic mass is 16.5. The smallest absolute Gasteiger partial charge is 0.254 e. The Kier molecular flexibility index (Phi) is 6.77. The van der Waals surface area contributed by atoms with Gasteiger partial charge in [0.1, 0.15) is 17.0 Å². The number of nitrogens with one attached hydrogen (secondary N) is 1. The number of pyridine rings is 2.